The fraction of sp³-hybridized carbons (Fsp3) is 0.455. The van der Waals surface area contributed by atoms with Crippen molar-refractivity contribution in [3.8, 4) is 5.75 Å². The Balaban J connectivity index is 2.56. The summed E-state index contributed by atoms with van der Waals surface area (Å²) in [4.78, 5) is 1.93. The molecule has 0 amide bonds. The average Bonchev–Trinajstić information content (AvgIpc) is 2.18. The maximum absolute atomic E-state index is 9.27. The predicted molar refractivity (Wildman–Crippen MR) is 57.6 cm³/mol. The summed E-state index contributed by atoms with van der Waals surface area (Å²) in [5.74, 6) is 0.237. The predicted octanol–water partition coefficient (Wildman–Crippen LogP) is 0.179. The summed E-state index contributed by atoms with van der Waals surface area (Å²) < 4.78 is 0. The third kappa shape index (κ3) is 4.29. The minimum atomic E-state index is 0.0683. The van der Waals surface area contributed by atoms with Crippen LogP contribution in [0.1, 0.15) is 5.56 Å². The summed E-state index contributed by atoms with van der Waals surface area (Å²) in [6, 6.07) is 6.98. The molecule has 0 aliphatic heterocycles. The summed E-state index contributed by atoms with van der Waals surface area (Å²) in [5, 5.41) is 26.9. The van der Waals surface area contributed by atoms with E-state index >= 15 is 0 Å². The zero-order chi connectivity index (χ0) is 11.1. The second kappa shape index (κ2) is 6.40. The maximum Gasteiger partial charge on any atom is 0.115 e. The van der Waals surface area contributed by atoms with E-state index in [0.717, 1.165) is 5.56 Å². The van der Waals surface area contributed by atoms with E-state index < -0.39 is 0 Å². The number of phenols is 1. The van der Waals surface area contributed by atoms with Crippen LogP contribution in [-0.4, -0.2) is 46.5 Å². The van der Waals surface area contributed by atoms with Gasteiger partial charge in [-0.3, -0.25) is 4.90 Å². The van der Waals surface area contributed by atoms with Gasteiger partial charge in [-0.1, -0.05) is 12.1 Å². The van der Waals surface area contributed by atoms with Crippen molar-refractivity contribution in [1.29, 1.82) is 0 Å². The van der Waals surface area contributed by atoms with E-state index in [2.05, 4.69) is 0 Å². The largest absolute Gasteiger partial charge is 0.508 e. The Morgan fingerprint density at radius 3 is 2.27 bits per heavy atom. The normalized spacial score (nSPS) is 10.9. The molecule has 0 saturated heterocycles. The van der Waals surface area contributed by atoms with Crippen LogP contribution < -0.4 is 0 Å². The maximum atomic E-state index is 9.27. The molecule has 0 radical (unpaired) electrons. The molecule has 15 heavy (non-hydrogen) atoms. The van der Waals surface area contributed by atoms with Gasteiger partial charge >= 0.3 is 0 Å². The Bertz CT molecular complexity index is 285. The first-order chi connectivity index (χ1) is 7.26. The van der Waals surface area contributed by atoms with Crippen LogP contribution >= 0.6 is 0 Å². The summed E-state index contributed by atoms with van der Waals surface area (Å²) in [6.07, 6.45) is 0. The van der Waals surface area contributed by atoms with E-state index in [9.17, 15) is 5.11 Å². The molecule has 0 atom stereocenters. The van der Waals surface area contributed by atoms with Crippen LogP contribution in [0.25, 0.3) is 0 Å². The molecule has 0 spiro atoms. The highest BCUT2D eigenvalue weighted by molar-refractivity contribution is 5.26. The number of nitrogens with zero attached hydrogens (tertiary/aromatic N) is 1. The van der Waals surface area contributed by atoms with Gasteiger partial charge in [0.05, 0.1) is 13.2 Å². The minimum absolute atomic E-state index is 0.0683. The molecule has 1 aromatic rings. The Morgan fingerprint density at radius 2 is 1.73 bits per heavy atom. The molecule has 4 heteroatoms. The molecule has 0 fully saturated rings. The molecule has 0 aliphatic carbocycles. The Hall–Kier alpha value is -1.10. The van der Waals surface area contributed by atoms with Crippen molar-refractivity contribution in [3.05, 3.63) is 29.8 Å². The van der Waals surface area contributed by atoms with Gasteiger partial charge in [-0.05, 0) is 17.7 Å². The average molecular weight is 211 g/mol. The van der Waals surface area contributed by atoms with Gasteiger partial charge in [0, 0.05) is 19.6 Å². The third-order valence-corrected chi connectivity index (χ3v) is 2.15. The lowest BCUT2D eigenvalue weighted by Gasteiger charge is -2.20. The molecule has 0 saturated carbocycles. The zero-order valence-electron chi connectivity index (χ0n) is 8.63. The van der Waals surface area contributed by atoms with Gasteiger partial charge in [0.15, 0.2) is 0 Å². The highest BCUT2D eigenvalue weighted by Crippen LogP contribution is 2.12. The van der Waals surface area contributed by atoms with E-state index in [0.29, 0.717) is 19.6 Å². The Labute approximate surface area is 89.4 Å². The molecular formula is C11H17NO3. The number of rotatable bonds is 6. The number of aromatic hydroxyl groups is 1. The minimum Gasteiger partial charge on any atom is -0.508 e. The van der Waals surface area contributed by atoms with Gasteiger partial charge in [0.25, 0.3) is 0 Å². The zero-order valence-corrected chi connectivity index (χ0v) is 8.63. The van der Waals surface area contributed by atoms with Crippen molar-refractivity contribution in [1.82, 2.24) is 4.90 Å². The van der Waals surface area contributed by atoms with Crippen LogP contribution in [-0.2, 0) is 6.54 Å². The van der Waals surface area contributed by atoms with Crippen LogP contribution in [0.2, 0.25) is 0 Å². The Morgan fingerprint density at radius 1 is 1.07 bits per heavy atom. The SMILES string of the molecule is OCCN(CCO)Cc1cccc(O)c1. The summed E-state index contributed by atoms with van der Waals surface area (Å²) in [5.41, 5.74) is 0.969. The number of hydrogen-bond donors (Lipinski definition) is 3. The number of benzene rings is 1. The molecule has 0 aromatic heterocycles. The molecule has 84 valence electrons. The first-order valence-electron chi connectivity index (χ1n) is 4.98. The standard InChI is InChI=1S/C11H17NO3/c13-6-4-12(5-7-14)9-10-2-1-3-11(15)8-10/h1-3,8,13-15H,4-7,9H2. The quantitative estimate of drug-likeness (QED) is 0.628. The van der Waals surface area contributed by atoms with Crippen LogP contribution in [0.15, 0.2) is 24.3 Å². The van der Waals surface area contributed by atoms with Crippen molar-refractivity contribution in [2.24, 2.45) is 0 Å². The van der Waals surface area contributed by atoms with E-state index in [4.69, 9.17) is 10.2 Å². The topological polar surface area (TPSA) is 63.9 Å². The van der Waals surface area contributed by atoms with Crippen molar-refractivity contribution >= 4 is 0 Å². The lowest BCUT2D eigenvalue weighted by atomic mass is 10.2. The fourth-order valence-electron chi connectivity index (χ4n) is 1.47. The molecule has 0 aliphatic rings. The number of hydrogen-bond acceptors (Lipinski definition) is 4. The molecule has 4 nitrogen and oxygen atoms in total. The lowest BCUT2D eigenvalue weighted by molar-refractivity contribution is 0.156. The molecule has 1 aromatic carbocycles. The van der Waals surface area contributed by atoms with Crippen LogP contribution in [0.3, 0.4) is 0 Å². The van der Waals surface area contributed by atoms with Crippen LogP contribution in [0.4, 0.5) is 0 Å². The van der Waals surface area contributed by atoms with Gasteiger partial charge in [-0.2, -0.15) is 0 Å². The van der Waals surface area contributed by atoms with Crippen molar-refractivity contribution in [3.63, 3.8) is 0 Å². The fourth-order valence-corrected chi connectivity index (χ4v) is 1.47. The number of phenolic OH excluding ortho intramolecular Hbond substituents is 1. The highest BCUT2D eigenvalue weighted by Gasteiger charge is 2.04. The first-order valence-corrected chi connectivity index (χ1v) is 4.98. The number of aliphatic hydroxyl groups excluding tert-OH is 2. The molecule has 0 unspecified atom stereocenters. The van der Waals surface area contributed by atoms with Crippen molar-refractivity contribution < 1.29 is 15.3 Å². The lowest BCUT2D eigenvalue weighted by Crippen LogP contribution is -2.29. The smallest absolute Gasteiger partial charge is 0.115 e. The van der Waals surface area contributed by atoms with E-state index in [1.165, 1.54) is 0 Å². The van der Waals surface area contributed by atoms with Gasteiger partial charge in [-0.25, -0.2) is 0 Å². The van der Waals surface area contributed by atoms with E-state index in [-0.39, 0.29) is 19.0 Å². The summed E-state index contributed by atoms with van der Waals surface area (Å²) in [6.45, 7) is 1.81. The molecule has 3 N–H and O–H groups in total. The first kappa shape index (κ1) is 12.0. The second-order valence-electron chi connectivity index (χ2n) is 3.39. The van der Waals surface area contributed by atoms with Crippen LogP contribution in [0.5, 0.6) is 5.75 Å². The molecule has 0 heterocycles. The van der Waals surface area contributed by atoms with Crippen molar-refractivity contribution in [2.45, 2.75) is 6.54 Å². The highest BCUT2D eigenvalue weighted by atomic mass is 16.3. The second-order valence-corrected chi connectivity index (χ2v) is 3.39. The van der Waals surface area contributed by atoms with Gasteiger partial charge in [0.1, 0.15) is 5.75 Å². The number of aliphatic hydroxyl groups is 2. The van der Waals surface area contributed by atoms with Gasteiger partial charge < -0.3 is 15.3 Å². The van der Waals surface area contributed by atoms with Crippen LogP contribution in [0, 0.1) is 0 Å². The summed E-state index contributed by atoms with van der Waals surface area (Å²) in [7, 11) is 0. The molecule has 0 bridgehead atoms. The monoisotopic (exact) mass is 211 g/mol. The van der Waals surface area contributed by atoms with Gasteiger partial charge in [0.2, 0.25) is 0 Å². The molecule has 1 rings (SSSR count). The van der Waals surface area contributed by atoms with Gasteiger partial charge in [-0.15, -0.1) is 0 Å². The van der Waals surface area contributed by atoms with Crippen molar-refractivity contribution in [2.75, 3.05) is 26.3 Å². The third-order valence-electron chi connectivity index (χ3n) is 2.15. The van der Waals surface area contributed by atoms with E-state index in [1.807, 2.05) is 11.0 Å². The molecular weight excluding hydrogens is 194 g/mol. The van der Waals surface area contributed by atoms with E-state index in [1.54, 1.807) is 18.2 Å². The summed E-state index contributed by atoms with van der Waals surface area (Å²) >= 11 is 0. The Kier molecular flexibility index (Phi) is 5.10.